The van der Waals surface area contributed by atoms with Gasteiger partial charge in [0.25, 0.3) is 0 Å². The van der Waals surface area contributed by atoms with E-state index in [1.165, 1.54) is 6.07 Å². The second kappa shape index (κ2) is 5.71. The normalized spacial score (nSPS) is 11.6. The smallest absolute Gasteiger partial charge is 0.312 e. The monoisotopic (exact) mass is 274 g/mol. The summed E-state index contributed by atoms with van der Waals surface area (Å²) in [5.74, 6) is -0.0576. The zero-order valence-electron chi connectivity index (χ0n) is 8.81. The number of nitrogens with zero attached hydrogens (tertiary/aromatic N) is 2. The van der Waals surface area contributed by atoms with E-state index in [2.05, 4.69) is 0 Å². The van der Waals surface area contributed by atoms with E-state index in [1.54, 1.807) is 6.92 Å². The van der Waals surface area contributed by atoms with Crippen molar-refractivity contribution in [3.63, 3.8) is 0 Å². The Morgan fingerprint density at radius 1 is 1.53 bits per heavy atom. The van der Waals surface area contributed by atoms with Crippen molar-refractivity contribution in [1.29, 1.82) is 5.26 Å². The topological polar surface area (TPSA) is 76.2 Å². The minimum Gasteiger partial charge on any atom is -0.468 e. The predicted molar refractivity (Wildman–Crippen MR) is 63.4 cm³/mol. The summed E-state index contributed by atoms with van der Waals surface area (Å²) in [7, 11) is 0. The van der Waals surface area contributed by atoms with Gasteiger partial charge in [-0.25, -0.2) is 0 Å². The van der Waals surface area contributed by atoms with Crippen LogP contribution in [0.3, 0.4) is 0 Å². The van der Waals surface area contributed by atoms with Crippen LogP contribution in [-0.4, -0.2) is 11.0 Å². The molecule has 0 aliphatic heterocycles. The van der Waals surface area contributed by atoms with E-state index >= 15 is 0 Å². The molecular formula is C10H8Cl2N2O3. The van der Waals surface area contributed by atoms with Crippen LogP contribution in [0.25, 0.3) is 0 Å². The number of ether oxygens (including phenoxy) is 1. The van der Waals surface area contributed by atoms with Crippen molar-refractivity contribution in [1.82, 2.24) is 0 Å². The number of hydrogen-bond acceptors (Lipinski definition) is 4. The minimum atomic E-state index is -0.758. The third kappa shape index (κ3) is 3.22. The molecule has 0 N–H and O–H groups in total. The maximum atomic E-state index is 10.8. The summed E-state index contributed by atoms with van der Waals surface area (Å²) in [6.45, 7) is 1.73. The molecule has 17 heavy (non-hydrogen) atoms. The van der Waals surface area contributed by atoms with Gasteiger partial charge in [0.05, 0.1) is 15.0 Å². The van der Waals surface area contributed by atoms with Gasteiger partial charge in [0, 0.05) is 12.1 Å². The van der Waals surface area contributed by atoms with Crippen molar-refractivity contribution in [2.75, 3.05) is 0 Å². The predicted octanol–water partition coefficient (Wildman–Crippen LogP) is 3.58. The molecular weight excluding hydrogens is 267 g/mol. The largest absolute Gasteiger partial charge is 0.468 e. The van der Waals surface area contributed by atoms with Gasteiger partial charge in [0.2, 0.25) is 0 Å². The fourth-order valence-electron chi connectivity index (χ4n) is 1.11. The average molecular weight is 275 g/mol. The van der Waals surface area contributed by atoms with Crippen LogP contribution in [-0.2, 0) is 0 Å². The maximum Gasteiger partial charge on any atom is 0.312 e. The van der Waals surface area contributed by atoms with E-state index in [4.69, 9.17) is 33.2 Å². The number of halogens is 2. The summed E-state index contributed by atoms with van der Waals surface area (Å²) < 4.78 is 5.20. The Kier molecular flexibility index (Phi) is 4.55. The van der Waals surface area contributed by atoms with Crippen LogP contribution in [0.4, 0.5) is 5.69 Å². The molecule has 0 aliphatic carbocycles. The third-order valence-electron chi connectivity index (χ3n) is 1.98. The molecule has 0 heterocycles. The van der Waals surface area contributed by atoms with Gasteiger partial charge in [0.1, 0.15) is 6.07 Å². The van der Waals surface area contributed by atoms with E-state index in [0.717, 1.165) is 6.07 Å². The van der Waals surface area contributed by atoms with E-state index in [9.17, 15) is 10.1 Å². The molecule has 1 aromatic carbocycles. The number of nitro groups is 1. The summed E-state index contributed by atoms with van der Waals surface area (Å²) in [5, 5.41) is 19.7. The van der Waals surface area contributed by atoms with Crippen molar-refractivity contribution in [2.24, 2.45) is 0 Å². The fourth-order valence-corrected chi connectivity index (χ4v) is 1.42. The Morgan fingerprint density at radius 2 is 2.12 bits per heavy atom. The molecule has 1 unspecified atom stereocenters. The first-order valence-corrected chi connectivity index (χ1v) is 5.44. The summed E-state index contributed by atoms with van der Waals surface area (Å²) in [6.07, 6.45) is -0.348. The molecule has 0 aromatic heterocycles. The number of benzene rings is 1. The van der Waals surface area contributed by atoms with Gasteiger partial charge in [-0.1, -0.05) is 30.1 Å². The lowest BCUT2D eigenvalue weighted by Gasteiger charge is -2.11. The zero-order valence-corrected chi connectivity index (χ0v) is 10.3. The van der Waals surface area contributed by atoms with Gasteiger partial charge < -0.3 is 4.74 Å². The van der Waals surface area contributed by atoms with Crippen LogP contribution < -0.4 is 4.74 Å². The van der Waals surface area contributed by atoms with Gasteiger partial charge >= 0.3 is 5.69 Å². The molecule has 0 saturated carbocycles. The number of rotatable bonds is 4. The first kappa shape index (κ1) is 13.6. The zero-order chi connectivity index (χ0) is 13.0. The highest BCUT2D eigenvalue weighted by Gasteiger charge is 2.20. The van der Waals surface area contributed by atoms with E-state index in [-0.39, 0.29) is 21.5 Å². The molecule has 0 radical (unpaired) electrons. The van der Waals surface area contributed by atoms with Crippen LogP contribution in [0.1, 0.15) is 13.3 Å². The lowest BCUT2D eigenvalue weighted by Crippen LogP contribution is -2.13. The number of nitro benzene ring substituents is 1. The molecule has 7 heteroatoms. The Labute approximate surface area is 108 Å². The lowest BCUT2D eigenvalue weighted by atomic mass is 10.2. The molecule has 0 bridgehead atoms. The third-order valence-corrected chi connectivity index (χ3v) is 2.70. The summed E-state index contributed by atoms with van der Waals surface area (Å²) in [6, 6.07) is 4.22. The summed E-state index contributed by atoms with van der Waals surface area (Å²) in [5.41, 5.74) is -0.312. The van der Waals surface area contributed by atoms with Crippen molar-refractivity contribution in [2.45, 2.75) is 19.4 Å². The average Bonchev–Trinajstić information content (AvgIpc) is 2.29. The molecule has 1 rings (SSSR count). The molecule has 90 valence electrons. The first-order chi connectivity index (χ1) is 7.99. The molecule has 1 aromatic rings. The van der Waals surface area contributed by atoms with E-state index in [0.29, 0.717) is 6.42 Å². The van der Waals surface area contributed by atoms with Gasteiger partial charge in [-0.05, 0) is 6.42 Å². The van der Waals surface area contributed by atoms with Gasteiger partial charge in [-0.3, -0.25) is 10.1 Å². The van der Waals surface area contributed by atoms with E-state index in [1.807, 2.05) is 6.07 Å². The molecule has 1 atom stereocenters. The minimum absolute atomic E-state index is 0.0576. The molecule has 0 fully saturated rings. The van der Waals surface area contributed by atoms with E-state index < -0.39 is 11.0 Å². The summed E-state index contributed by atoms with van der Waals surface area (Å²) >= 11 is 11.4. The molecule has 0 spiro atoms. The highest BCUT2D eigenvalue weighted by atomic mass is 35.5. The second-order valence-electron chi connectivity index (χ2n) is 3.13. The quantitative estimate of drug-likeness (QED) is 0.621. The first-order valence-electron chi connectivity index (χ1n) is 4.69. The molecule has 0 saturated heterocycles. The highest BCUT2D eigenvalue weighted by Crippen LogP contribution is 2.36. The Balaban J connectivity index is 3.18. The van der Waals surface area contributed by atoms with Gasteiger partial charge in [0.15, 0.2) is 11.9 Å². The SMILES string of the molecule is CCC(C#N)Oc1cc(Cl)c(Cl)cc1[N+](=O)[O-]. The molecule has 0 amide bonds. The van der Waals surface area contributed by atoms with Crippen LogP contribution in [0, 0.1) is 21.4 Å². The Morgan fingerprint density at radius 3 is 2.59 bits per heavy atom. The van der Waals surface area contributed by atoms with Gasteiger partial charge in [-0.15, -0.1) is 0 Å². The van der Waals surface area contributed by atoms with Crippen molar-refractivity contribution in [3.05, 3.63) is 32.3 Å². The van der Waals surface area contributed by atoms with Crippen LogP contribution >= 0.6 is 23.2 Å². The van der Waals surface area contributed by atoms with Crippen molar-refractivity contribution in [3.8, 4) is 11.8 Å². The van der Waals surface area contributed by atoms with Gasteiger partial charge in [-0.2, -0.15) is 5.26 Å². The van der Waals surface area contributed by atoms with Crippen molar-refractivity contribution < 1.29 is 9.66 Å². The molecule has 5 nitrogen and oxygen atoms in total. The van der Waals surface area contributed by atoms with Crippen molar-refractivity contribution >= 4 is 28.9 Å². The number of nitriles is 1. The lowest BCUT2D eigenvalue weighted by molar-refractivity contribution is -0.386. The highest BCUT2D eigenvalue weighted by molar-refractivity contribution is 6.42. The second-order valence-corrected chi connectivity index (χ2v) is 3.95. The fraction of sp³-hybridized carbons (Fsp3) is 0.300. The summed E-state index contributed by atoms with van der Waals surface area (Å²) in [4.78, 5) is 10.1. The molecule has 0 aliphatic rings. The maximum absolute atomic E-state index is 10.8. The standard InChI is InChI=1S/C10H8Cl2N2O3/c1-2-6(5-13)17-10-4-8(12)7(11)3-9(10)14(15)16/h3-4,6H,2H2,1H3. The van der Waals surface area contributed by atoms with Crippen LogP contribution in [0.2, 0.25) is 10.0 Å². The van der Waals surface area contributed by atoms with Crippen LogP contribution in [0.15, 0.2) is 12.1 Å². The number of hydrogen-bond donors (Lipinski definition) is 0. The Hall–Kier alpha value is -1.51. The van der Waals surface area contributed by atoms with Crippen LogP contribution in [0.5, 0.6) is 5.75 Å². The Bertz CT molecular complexity index is 485.